The zero-order valence-corrected chi connectivity index (χ0v) is 14.8. The van der Waals surface area contributed by atoms with Gasteiger partial charge in [-0.3, -0.25) is 9.79 Å². The second-order valence-electron chi connectivity index (χ2n) is 5.71. The normalized spacial score (nSPS) is 19.9. The molecular formula is C17H15Cl2N3O3. The second kappa shape index (κ2) is 7.39. The van der Waals surface area contributed by atoms with Crippen molar-refractivity contribution in [1.29, 1.82) is 0 Å². The molecule has 1 atom stereocenters. The maximum atomic E-state index is 10.3. The Morgan fingerprint density at radius 2 is 2.20 bits per heavy atom. The number of nitrogens with zero attached hydrogens (tertiary/aromatic N) is 2. The lowest BCUT2D eigenvalue weighted by molar-refractivity contribution is -0.132. The largest absolute Gasteiger partial charge is 0.371 e. The Bertz CT molecular complexity index is 829. The van der Waals surface area contributed by atoms with Gasteiger partial charge in [0.15, 0.2) is 5.84 Å². The van der Waals surface area contributed by atoms with Crippen LogP contribution in [-0.2, 0) is 19.9 Å². The summed E-state index contributed by atoms with van der Waals surface area (Å²) in [6.45, 7) is 2.87. The fraction of sp³-hybridized carbons (Fsp3) is 0.235. The summed E-state index contributed by atoms with van der Waals surface area (Å²) in [7, 11) is 0. The van der Waals surface area contributed by atoms with Crippen molar-refractivity contribution in [1.82, 2.24) is 10.5 Å². The van der Waals surface area contributed by atoms with Crippen LogP contribution in [0.2, 0.25) is 10.2 Å². The number of hydrogen-bond acceptors (Lipinski definition) is 6. The smallest absolute Gasteiger partial charge is 0.320 e. The number of aliphatic imine (C=N–C) groups is 1. The highest BCUT2D eigenvalue weighted by atomic mass is 35.5. The molecule has 0 fully saturated rings. The van der Waals surface area contributed by atoms with E-state index in [1.54, 1.807) is 6.07 Å². The van der Waals surface area contributed by atoms with Crippen LogP contribution >= 0.6 is 23.2 Å². The van der Waals surface area contributed by atoms with Gasteiger partial charge in [-0.15, -0.1) is 0 Å². The molecule has 1 N–H and O–H groups in total. The molecule has 2 heterocycles. The number of carbonyl (C=O) groups excluding carboxylic acids is 1. The van der Waals surface area contributed by atoms with E-state index in [9.17, 15) is 4.79 Å². The Balaban J connectivity index is 1.98. The average molecular weight is 380 g/mol. The number of amidine groups is 1. The molecule has 1 aliphatic heterocycles. The summed E-state index contributed by atoms with van der Waals surface area (Å²) in [6, 6.07) is 9.52. The maximum absolute atomic E-state index is 10.3. The predicted octanol–water partition coefficient (Wildman–Crippen LogP) is 3.38. The molecule has 1 aromatic carbocycles. The van der Waals surface area contributed by atoms with Crippen molar-refractivity contribution in [2.45, 2.75) is 12.5 Å². The summed E-state index contributed by atoms with van der Waals surface area (Å²) in [5, 5.41) is 0.879. The molecule has 2 aromatic rings. The molecule has 1 aliphatic rings. The van der Waals surface area contributed by atoms with E-state index < -0.39 is 5.54 Å². The average Bonchev–Trinajstić information content (AvgIpc) is 2.62. The van der Waals surface area contributed by atoms with Crippen molar-refractivity contribution in [3.8, 4) is 11.1 Å². The Kier molecular flexibility index (Phi) is 5.22. The number of ether oxygens (including phenoxy) is 1. The number of aromatic nitrogens is 1. The minimum absolute atomic E-state index is 0.243. The molecule has 3 rings (SSSR count). The van der Waals surface area contributed by atoms with Gasteiger partial charge in [0.05, 0.1) is 11.6 Å². The quantitative estimate of drug-likeness (QED) is 0.500. The summed E-state index contributed by atoms with van der Waals surface area (Å²) in [4.78, 5) is 23.6. The molecule has 8 heteroatoms. The van der Waals surface area contributed by atoms with E-state index in [1.165, 1.54) is 6.20 Å². The molecule has 0 saturated heterocycles. The van der Waals surface area contributed by atoms with Crippen LogP contribution < -0.4 is 5.48 Å². The van der Waals surface area contributed by atoms with Gasteiger partial charge in [-0.2, -0.15) is 0 Å². The lowest BCUT2D eigenvalue weighted by Crippen LogP contribution is -2.40. The number of halogens is 2. The summed E-state index contributed by atoms with van der Waals surface area (Å²) < 4.78 is 5.59. The Labute approximate surface area is 154 Å². The van der Waals surface area contributed by atoms with Crippen molar-refractivity contribution in [3.05, 3.63) is 52.3 Å². The van der Waals surface area contributed by atoms with Crippen LogP contribution in [0.15, 0.2) is 41.5 Å². The van der Waals surface area contributed by atoms with E-state index in [-0.39, 0.29) is 6.61 Å². The van der Waals surface area contributed by atoms with Crippen molar-refractivity contribution in [3.63, 3.8) is 0 Å². The van der Waals surface area contributed by atoms with Crippen LogP contribution in [-0.4, -0.2) is 30.5 Å². The lowest BCUT2D eigenvalue weighted by Gasteiger charge is -2.31. The SMILES string of the molecule is CC1(c2cccc(-c3cc(Cl)cnc3Cl)c2)COCC(NOC=O)=N1. The summed E-state index contributed by atoms with van der Waals surface area (Å²) in [6.07, 6.45) is 1.50. The van der Waals surface area contributed by atoms with E-state index >= 15 is 0 Å². The third-order valence-electron chi connectivity index (χ3n) is 3.83. The Morgan fingerprint density at radius 1 is 1.36 bits per heavy atom. The number of pyridine rings is 1. The van der Waals surface area contributed by atoms with Crippen LogP contribution in [0.4, 0.5) is 0 Å². The first-order chi connectivity index (χ1) is 12.0. The first kappa shape index (κ1) is 17.7. The first-order valence-electron chi connectivity index (χ1n) is 7.45. The Hall–Kier alpha value is -2.15. The van der Waals surface area contributed by atoms with Gasteiger partial charge in [0.1, 0.15) is 17.3 Å². The maximum Gasteiger partial charge on any atom is 0.320 e. The highest BCUT2D eigenvalue weighted by molar-refractivity contribution is 6.34. The number of hydroxylamine groups is 1. The van der Waals surface area contributed by atoms with Gasteiger partial charge >= 0.3 is 6.47 Å². The van der Waals surface area contributed by atoms with Gasteiger partial charge in [0.25, 0.3) is 0 Å². The molecular weight excluding hydrogens is 365 g/mol. The number of hydrogen-bond donors (Lipinski definition) is 1. The van der Waals surface area contributed by atoms with Crippen LogP contribution in [0.3, 0.4) is 0 Å². The van der Waals surface area contributed by atoms with E-state index in [4.69, 9.17) is 27.9 Å². The molecule has 6 nitrogen and oxygen atoms in total. The topological polar surface area (TPSA) is 72.8 Å². The van der Waals surface area contributed by atoms with E-state index in [0.717, 1.165) is 16.7 Å². The summed E-state index contributed by atoms with van der Waals surface area (Å²) >= 11 is 12.2. The van der Waals surface area contributed by atoms with Crippen LogP contribution in [0, 0.1) is 0 Å². The van der Waals surface area contributed by atoms with E-state index in [2.05, 4.69) is 20.3 Å². The highest BCUT2D eigenvalue weighted by Crippen LogP contribution is 2.34. The van der Waals surface area contributed by atoms with E-state index in [1.807, 2.05) is 31.2 Å². The fourth-order valence-corrected chi connectivity index (χ4v) is 3.02. The summed E-state index contributed by atoms with van der Waals surface area (Å²) in [5.74, 6) is 0.439. The van der Waals surface area contributed by atoms with Crippen molar-refractivity contribution in [2.24, 2.45) is 4.99 Å². The molecule has 0 saturated carbocycles. The minimum Gasteiger partial charge on any atom is -0.371 e. The van der Waals surface area contributed by atoms with Crippen LogP contribution in [0.25, 0.3) is 11.1 Å². The van der Waals surface area contributed by atoms with Crippen molar-refractivity contribution in [2.75, 3.05) is 13.2 Å². The molecule has 130 valence electrons. The molecule has 0 aliphatic carbocycles. The number of benzene rings is 1. The van der Waals surface area contributed by atoms with Crippen molar-refractivity contribution < 1.29 is 14.4 Å². The number of carbonyl (C=O) groups is 1. The second-order valence-corrected chi connectivity index (χ2v) is 6.51. The molecule has 1 unspecified atom stereocenters. The molecule has 0 radical (unpaired) electrons. The van der Waals surface area contributed by atoms with Gasteiger partial charge in [0, 0.05) is 11.8 Å². The third kappa shape index (κ3) is 3.92. The van der Waals surface area contributed by atoms with Crippen LogP contribution in [0.5, 0.6) is 0 Å². The van der Waals surface area contributed by atoms with E-state index in [0.29, 0.717) is 29.1 Å². The predicted molar refractivity (Wildman–Crippen MR) is 95.6 cm³/mol. The molecule has 0 bridgehead atoms. The molecule has 25 heavy (non-hydrogen) atoms. The Morgan fingerprint density at radius 3 is 3.00 bits per heavy atom. The highest BCUT2D eigenvalue weighted by Gasteiger charge is 2.31. The molecule has 0 spiro atoms. The lowest BCUT2D eigenvalue weighted by atomic mass is 9.90. The first-order valence-corrected chi connectivity index (χ1v) is 8.21. The minimum atomic E-state index is -0.638. The van der Waals surface area contributed by atoms with Gasteiger partial charge in [-0.05, 0) is 30.2 Å². The van der Waals surface area contributed by atoms with Gasteiger partial charge in [-0.25, -0.2) is 10.5 Å². The number of rotatable bonds is 4. The van der Waals surface area contributed by atoms with Crippen LogP contribution in [0.1, 0.15) is 12.5 Å². The van der Waals surface area contributed by atoms with Gasteiger partial charge < -0.3 is 9.57 Å². The molecule has 1 aromatic heterocycles. The summed E-state index contributed by atoms with van der Waals surface area (Å²) in [5.41, 5.74) is 4.36. The fourth-order valence-electron chi connectivity index (χ4n) is 2.65. The third-order valence-corrected chi connectivity index (χ3v) is 4.34. The molecule has 0 amide bonds. The van der Waals surface area contributed by atoms with Gasteiger partial charge in [0.2, 0.25) is 0 Å². The van der Waals surface area contributed by atoms with Gasteiger partial charge in [-0.1, -0.05) is 41.4 Å². The zero-order chi connectivity index (χ0) is 17.9. The van der Waals surface area contributed by atoms with Crippen molar-refractivity contribution >= 4 is 35.5 Å². The number of nitrogens with one attached hydrogen (secondary N) is 1. The zero-order valence-electron chi connectivity index (χ0n) is 13.3. The monoisotopic (exact) mass is 379 g/mol. The standard InChI is InChI=1S/C17H15Cl2N3O3/c1-17(9-24-8-15(21-17)22-25-10-23)12-4-2-3-11(5-12)14-6-13(18)7-20-16(14)19/h2-7,10H,8-9H2,1H3,(H,21,22).